The Labute approximate surface area is 145 Å². The number of hydrogen-bond acceptors (Lipinski definition) is 4. The second-order valence-electron chi connectivity index (χ2n) is 6.81. The highest BCUT2D eigenvalue weighted by Gasteiger charge is 2.32. The minimum atomic E-state index is -0.379. The molecule has 1 N–H and O–H groups in total. The molecule has 1 saturated heterocycles. The van der Waals surface area contributed by atoms with Gasteiger partial charge in [0.2, 0.25) is 5.78 Å². The highest BCUT2D eigenvalue weighted by molar-refractivity contribution is 5.35. The first-order valence-electron chi connectivity index (χ1n) is 8.49. The van der Waals surface area contributed by atoms with Crippen molar-refractivity contribution < 1.29 is 9.50 Å². The smallest absolute Gasteiger partial charge is 0.234 e. The number of benzene rings is 1. The predicted molar refractivity (Wildman–Crippen MR) is 92.6 cm³/mol. The van der Waals surface area contributed by atoms with E-state index >= 15 is 0 Å². The minimum absolute atomic E-state index is 0.0693. The van der Waals surface area contributed by atoms with Gasteiger partial charge in [0.05, 0.1) is 18.0 Å². The Balaban J connectivity index is 1.66. The molecule has 0 bridgehead atoms. The molecule has 0 aliphatic carbocycles. The van der Waals surface area contributed by atoms with E-state index in [1.165, 1.54) is 12.1 Å². The fraction of sp³-hybridized carbons (Fsp3) is 0.368. The first-order valence-corrected chi connectivity index (χ1v) is 8.49. The van der Waals surface area contributed by atoms with Crippen LogP contribution < -0.4 is 0 Å². The van der Waals surface area contributed by atoms with Crippen molar-refractivity contribution in [2.75, 3.05) is 6.54 Å². The number of likely N-dealkylation sites (tertiary alicyclic amines) is 1. The van der Waals surface area contributed by atoms with Crippen LogP contribution in [0.5, 0.6) is 0 Å². The van der Waals surface area contributed by atoms with Gasteiger partial charge >= 0.3 is 0 Å². The Kier molecular flexibility index (Phi) is 4.01. The quantitative estimate of drug-likeness (QED) is 0.797. The van der Waals surface area contributed by atoms with Crippen LogP contribution in [-0.4, -0.2) is 37.0 Å². The van der Waals surface area contributed by atoms with Crippen LogP contribution in [0.1, 0.15) is 35.1 Å². The Hall–Kier alpha value is -2.31. The summed E-state index contributed by atoms with van der Waals surface area (Å²) in [6, 6.07) is 8.66. The molecular formula is C19H21FN4O. The summed E-state index contributed by atoms with van der Waals surface area (Å²) in [6.45, 7) is 5.26. The highest BCUT2D eigenvalue weighted by Crippen LogP contribution is 2.33. The Morgan fingerprint density at radius 1 is 1.24 bits per heavy atom. The van der Waals surface area contributed by atoms with Gasteiger partial charge in [-0.15, -0.1) is 0 Å². The van der Waals surface area contributed by atoms with Gasteiger partial charge in [-0.1, -0.05) is 12.1 Å². The van der Waals surface area contributed by atoms with E-state index in [0.29, 0.717) is 25.3 Å². The summed E-state index contributed by atoms with van der Waals surface area (Å²) in [5, 5.41) is 10.2. The number of hydrogen-bond donors (Lipinski definition) is 1. The van der Waals surface area contributed by atoms with Crippen LogP contribution in [0.4, 0.5) is 4.39 Å². The summed E-state index contributed by atoms with van der Waals surface area (Å²) in [4.78, 5) is 11.1. The molecule has 6 heteroatoms. The topological polar surface area (TPSA) is 53.7 Å². The third-order valence-electron chi connectivity index (χ3n) is 4.86. The van der Waals surface area contributed by atoms with Gasteiger partial charge in [0, 0.05) is 30.5 Å². The fourth-order valence-corrected chi connectivity index (χ4v) is 3.80. The van der Waals surface area contributed by atoms with Crippen LogP contribution in [0, 0.1) is 19.7 Å². The molecule has 1 fully saturated rings. The third kappa shape index (κ3) is 3.03. The monoisotopic (exact) mass is 340 g/mol. The van der Waals surface area contributed by atoms with Gasteiger partial charge in [-0.05, 0) is 44.0 Å². The average Bonchev–Trinajstić information content (AvgIpc) is 3.12. The molecule has 2 unspecified atom stereocenters. The van der Waals surface area contributed by atoms with E-state index in [-0.39, 0.29) is 18.0 Å². The molecule has 130 valence electrons. The van der Waals surface area contributed by atoms with Crippen LogP contribution in [-0.2, 0) is 6.54 Å². The molecule has 0 saturated carbocycles. The van der Waals surface area contributed by atoms with Gasteiger partial charge in [0.1, 0.15) is 5.82 Å². The van der Waals surface area contributed by atoms with Gasteiger partial charge in [-0.25, -0.2) is 14.4 Å². The molecule has 3 aromatic rings. The molecule has 2 atom stereocenters. The zero-order valence-corrected chi connectivity index (χ0v) is 14.4. The fourth-order valence-electron chi connectivity index (χ4n) is 3.80. The number of aliphatic hydroxyl groups is 1. The Bertz CT molecular complexity index is 906. The largest absolute Gasteiger partial charge is 0.392 e. The van der Waals surface area contributed by atoms with E-state index in [1.807, 2.05) is 26.1 Å². The lowest BCUT2D eigenvalue weighted by molar-refractivity contribution is 0.172. The van der Waals surface area contributed by atoms with E-state index in [9.17, 15) is 9.50 Å². The molecule has 0 radical (unpaired) electrons. The third-order valence-corrected chi connectivity index (χ3v) is 4.86. The summed E-state index contributed by atoms with van der Waals surface area (Å²) in [5.74, 6) is 0.457. The van der Waals surface area contributed by atoms with Crippen molar-refractivity contribution in [3.8, 4) is 0 Å². The lowest BCUT2D eigenvalue weighted by Crippen LogP contribution is -2.25. The van der Waals surface area contributed by atoms with Gasteiger partial charge < -0.3 is 5.11 Å². The van der Waals surface area contributed by atoms with Crippen LogP contribution in [0.15, 0.2) is 36.5 Å². The normalized spacial score (nSPS) is 21.3. The summed E-state index contributed by atoms with van der Waals surface area (Å²) in [6.07, 6.45) is 2.12. The van der Waals surface area contributed by atoms with Crippen molar-refractivity contribution in [2.24, 2.45) is 0 Å². The number of rotatable bonds is 3. The van der Waals surface area contributed by atoms with Crippen molar-refractivity contribution >= 4 is 5.78 Å². The number of aromatic nitrogens is 3. The van der Waals surface area contributed by atoms with Gasteiger partial charge in [0.15, 0.2) is 0 Å². The van der Waals surface area contributed by atoms with E-state index in [2.05, 4.69) is 19.3 Å². The van der Waals surface area contributed by atoms with Crippen molar-refractivity contribution in [3.05, 3.63) is 65.0 Å². The van der Waals surface area contributed by atoms with Crippen LogP contribution in [0.2, 0.25) is 0 Å². The van der Waals surface area contributed by atoms with Crippen LogP contribution in [0.25, 0.3) is 5.78 Å². The molecule has 4 rings (SSSR count). The summed E-state index contributed by atoms with van der Waals surface area (Å²) >= 11 is 0. The first-order chi connectivity index (χ1) is 12.0. The lowest BCUT2D eigenvalue weighted by atomic mass is 10.0. The molecule has 0 amide bonds. The molecule has 3 heterocycles. The number of nitrogens with zero attached hydrogens (tertiary/aromatic N) is 4. The van der Waals surface area contributed by atoms with Crippen molar-refractivity contribution in [1.82, 2.24) is 19.3 Å². The van der Waals surface area contributed by atoms with Crippen molar-refractivity contribution in [1.29, 1.82) is 0 Å². The molecule has 1 aliphatic rings. The second kappa shape index (κ2) is 6.20. The number of imidazole rings is 1. The Morgan fingerprint density at radius 2 is 2.00 bits per heavy atom. The molecule has 25 heavy (non-hydrogen) atoms. The average molecular weight is 340 g/mol. The SMILES string of the molecule is Cc1cc(C)n2c(CN3CC(O)CC3c3ccc(F)cc3)cnc2n1. The van der Waals surface area contributed by atoms with E-state index in [4.69, 9.17) is 0 Å². The summed E-state index contributed by atoms with van der Waals surface area (Å²) < 4.78 is 15.3. The minimum Gasteiger partial charge on any atom is -0.392 e. The maximum Gasteiger partial charge on any atom is 0.234 e. The zero-order chi connectivity index (χ0) is 17.6. The second-order valence-corrected chi connectivity index (χ2v) is 6.81. The maximum absolute atomic E-state index is 13.2. The lowest BCUT2D eigenvalue weighted by Gasteiger charge is -2.24. The molecule has 5 nitrogen and oxygen atoms in total. The van der Waals surface area contributed by atoms with Crippen LogP contribution in [0.3, 0.4) is 0 Å². The standard InChI is InChI=1S/C19H21FN4O/c1-12-7-13(2)24-16(9-21-19(24)22-12)10-23-11-17(25)8-18(23)14-3-5-15(20)6-4-14/h3-7,9,17-18,25H,8,10-11H2,1-2H3. The number of aliphatic hydroxyl groups excluding tert-OH is 1. The molecular weight excluding hydrogens is 319 g/mol. The molecule has 1 aromatic carbocycles. The van der Waals surface area contributed by atoms with E-state index in [1.54, 1.807) is 12.1 Å². The first kappa shape index (κ1) is 16.2. The predicted octanol–water partition coefficient (Wildman–Crippen LogP) is 2.79. The molecule has 2 aromatic heterocycles. The van der Waals surface area contributed by atoms with E-state index < -0.39 is 0 Å². The van der Waals surface area contributed by atoms with Gasteiger partial charge in [-0.3, -0.25) is 9.30 Å². The van der Waals surface area contributed by atoms with Gasteiger partial charge in [0.25, 0.3) is 0 Å². The van der Waals surface area contributed by atoms with Crippen molar-refractivity contribution in [2.45, 2.75) is 39.0 Å². The summed E-state index contributed by atoms with van der Waals surface area (Å²) in [5.41, 5.74) is 4.11. The zero-order valence-electron chi connectivity index (χ0n) is 14.4. The van der Waals surface area contributed by atoms with Crippen molar-refractivity contribution in [3.63, 3.8) is 0 Å². The number of halogens is 1. The Morgan fingerprint density at radius 3 is 2.76 bits per heavy atom. The van der Waals surface area contributed by atoms with Gasteiger partial charge in [-0.2, -0.15) is 0 Å². The number of β-amino-alcohol motifs (C(OH)–C–C–N with tert-alkyl or cyclic N) is 1. The number of fused-ring (bicyclic) bond motifs is 1. The molecule has 0 spiro atoms. The van der Waals surface area contributed by atoms with Crippen LogP contribution >= 0.6 is 0 Å². The molecule has 1 aliphatic heterocycles. The summed E-state index contributed by atoms with van der Waals surface area (Å²) in [7, 11) is 0. The maximum atomic E-state index is 13.2. The number of aryl methyl sites for hydroxylation is 2. The van der Waals surface area contributed by atoms with E-state index in [0.717, 1.165) is 22.6 Å². The highest BCUT2D eigenvalue weighted by atomic mass is 19.1.